The highest BCUT2D eigenvalue weighted by Gasteiger charge is 2.22. The van der Waals surface area contributed by atoms with Crippen molar-refractivity contribution >= 4 is 23.2 Å². The highest BCUT2D eigenvalue weighted by atomic mass is 32.1. The number of carbonyl (C=O) groups excluding carboxylic acids is 1. The van der Waals surface area contributed by atoms with E-state index in [0.29, 0.717) is 11.3 Å². The van der Waals surface area contributed by atoms with Gasteiger partial charge < -0.3 is 10.4 Å². The van der Waals surface area contributed by atoms with Gasteiger partial charge in [-0.2, -0.15) is 0 Å². The third-order valence-corrected chi connectivity index (χ3v) is 4.03. The zero-order valence-corrected chi connectivity index (χ0v) is 12.6. The van der Waals surface area contributed by atoms with Crippen LogP contribution in [0.5, 0.6) is 0 Å². The molecule has 0 aliphatic rings. The second kappa shape index (κ2) is 6.70. The number of hydrogen-bond donors (Lipinski definition) is 2. The van der Waals surface area contributed by atoms with Crippen molar-refractivity contribution in [2.75, 3.05) is 0 Å². The zero-order chi connectivity index (χ0) is 14.6. The maximum absolute atomic E-state index is 12.1. The number of nitrogens with one attached hydrogen (secondary N) is 1. The number of rotatable bonds is 6. The van der Waals surface area contributed by atoms with E-state index < -0.39 is 12.0 Å². The van der Waals surface area contributed by atoms with Gasteiger partial charge in [-0.15, -0.1) is 11.3 Å². The predicted molar refractivity (Wildman–Crippen MR) is 76.8 cm³/mol. The van der Waals surface area contributed by atoms with Gasteiger partial charge in [0.05, 0.1) is 4.88 Å². The molecule has 0 aliphatic carbocycles. The zero-order valence-electron chi connectivity index (χ0n) is 11.8. The first-order chi connectivity index (χ1) is 8.85. The summed E-state index contributed by atoms with van der Waals surface area (Å²) in [6, 6.07) is 1.03. The van der Waals surface area contributed by atoms with Crippen LogP contribution in [0.25, 0.3) is 0 Å². The molecule has 0 fully saturated rings. The summed E-state index contributed by atoms with van der Waals surface area (Å²) in [6.45, 7) is 7.89. The van der Waals surface area contributed by atoms with Crippen molar-refractivity contribution in [1.82, 2.24) is 5.32 Å². The number of carboxylic acids is 1. The van der Waals surface area contributed by atoms with E-state index >= 15 is 0 Å². The van der Waals surface area contributed by atoms with E-state index in [4.69, 9.17) is 5.11 Å². The van der Waals surface area contributed by atoms with Crippen molar-refractivity contribution in [1.29, 1.82) is 0 Å². The minimum atomic E-state index is -0.981. The Hall–Kier alpha value is -1.36. The molecular formula is C14H21NO3S. The SMILES string of the molecule is CCc1cc(C(=O)NC(CC(C)C)C(=O)O)sc1C. The number of amides is 1. The van der Waals surface area contributed by atoms with Gasteiger partial charge in [0, 0.05) is 4.88 Å². The van der Waals surface area contributed by atoms with E-state index in [1.807, 2.05) is 33.8 Å². The summed E-state index contributed by atoms with van der Waals surface area (Å²) in [6.07, 6.45) is 1.32. The minimum Gasteiger partial charge on any atom is -0.480 e. The van der Waals surface area contributed by atoms with Crippen LogP contribution in [0.1, 0.15) is 47.3 Å². The molecular weight excluding hydrogens is 262 g/mol. The van der Waals surface area contributed by atoms with Gasteiger partial charge in [0.2, 0.25) is 0 Å². The van der Waals surface area contributed by atoms with E-state index in [0.717, 1.165) is 16.9 Å². The van der Waals surface area contributed by atoms with E-state index in [-0.39, 0.29) is 11.8 Å². The van der Waals surface area contributed by atoms with Crippen molar-refractivity contribution in [3.05, 3.63) is 21.4 Å². The Bertz CT molecular complexity index is 465. The molecule has 0 saturated carbocycles. The van der Waals surface area contributed by atoms with Crippen LogP contribution in [0.3, 0.4) is 0 Å². The monoisotopic (exact) mass is 283 g/mol. The Morgan fingerprint density at radius 3 is 2.47 bits per heavy atom. The summed E-state index contributed by atoms with van der Waals surface area (Å²) < 4.78 is 0. The summed E-state index contributed by atoms with van der Waals surface area (Å²) in [5, 5.41) is 11.7. The maximum atomic E-state index is 12.1. The average Bonchev–Trinajstić information content (AvgIpc) is 2.69. The van der Waals surface area contributed by atoms with Crippen LogP contribution in [0.2, 0.25) is 0 Å². The molecule has 1 rings (SSSR count). The third kappa shape index (κ3) is 4.35. The molecule has 1 aromatic rings. The molecule has 106 valence electrons. The summed E-state index contributed by atoms with van der Waals surface area (Å²) in [4.78, 5) is 24.9. The van der Waals surface area contributed by atoms with Gasteiger partial charge in [-0.1, -0.05) is 20.8 Å². The summed E-state index contributed by atoms with van der Waals surface area (Å²) in [7, 11) is 0. The van der Waals surface area contributed by atoms with E-state index in [9.17, 15) is 9.59 Å². The molecule has 2 N–H and O–H groups in total. The highest BCUT2D eigenvalue weighted by molar-refractivity contribution is 7.14. The second-order valence-corrected chi connectivity index (χ2v) is 6.30. The molecule has 1 atom stereocenters. The molecule has 5 heteroatoms. The van der Waals surface area contributed by atoms with Gasteiger partial charge >= 0.3 is 5.97 Å². The molecule has 0 aromatic carbocycles. The molecule has 1 unspecified atom stereocenters. The van der Waals surface area contributed by atoms with Crippen LogP contribution < -0.4 is 5.32 Å². The lowest BCUT2D eigenvalue weighted by Gasteiger charge is -2.15. The predicted octanol–water partition coefficient (Wildman–Crippen LogP) is 2.85. The fourth-order valence-electron chi connectivity index (χ4n) is 1.90. The molecule has 1 aromatic heterocycles. The van der Waals surface area contributed by atoms with Crippen LogP contribution in [0.4, 0.5) is 0 Å². The highest BCUT2D eigenvalue weighted by Crippen LogP contribution is 2.22. The quantitative estimate of drug-likeness (QED) is 0.843. The standard InChI is InChI=1S/C14H21NO3S/c1-5-10-7-12(19-9(10)4)13(16)15-11(14(17)18)6-8(2)3/h7-8,11H,5-6H2,1-4H3,(H,15,16)(H,17,18). The van der Waals surface area contributed by atoms with Gasteiger partial charge in [0.15, 0.2) is 0 Å². The lowest BCUT2D eigenvalue weighted by molar-refractivity contribution is -0.139. The largest absolute Gasteiger partial charge is 0.480 e. The Kier molecular flexibility index (Phi) is 5.54. The van der Waals surface area contributed by atoms with Crippen LogP contribution >= 0.6 is 11.3 Å². The van der Waals surface area contributed by atoms with Gasteiger partial charge in [0.1, 0.15) is 6.04 Å². The lowest BCUT2D eigenvalue weighted by Crippen LogP contribution is -2.41. The van der Waals surface area contributed by atoms with Crippen molar-refractivity contribution in [3.63, 3.8) is 0 Å². The Labute approximate surface area is 117 Å². The topological polar surface area (TPSA) is 66.4 Å². The van der Waals surface area contributed by atoms with Crippen LogP contribution in [0.15, 0.2) is 6.07 Å². The second-order valence-electron chi connectivity index (χ2n) is 5.04. The summed E-state index contributed by atoms with van der Waals surface area (Å²) in [5.41, 5.74) is 1.14. The van der Waals surface area contributed by atoms with Crippen molar-refractivity contribution < 1.29 is 14.7 Å². The fraction of sp³-hybridized carbons (Fsp3) is 0.571. The number of carbonyl (C=O) groups is 2. The van der Waals surface area contributed by atoms with Gasteiger partial charge in [-0.25, -0.2) is 4.79 Å². The van der Waals surface area contributed by atoms with Crippen molar-refractivity contribution in [2.24, 2.45) is 5.92 Å². The van der Waals surface area contributed by atoms with Gasteiger partial charge in [-0.3, -0.25) is 4.79 Å². The summed E-state index contributed by atoms with van der Waals surface area (Å²) >= 11 is 1.41. The number of aryl methyl sites for hydroxylation is 2. The number of aliphatic carboxylic acids is 1. The smallest absolute Gasteiger partial charge is 0.326 e. The fourth-order valence-corrected chi connectivity index (χ4v) is 2.92. The molecule has 0 radical (unpaired) electrons. The molecule has 0 bridgehead atoms. The molecule has 0 spiro atoms. The molecule has 1 amide bonds. The summed E-state index contributed by atoms with van der Waals surface area (Å²) in [5.74, 6) is -1.05. The Balaban J connectivity index is 2.78. The van der Waals surface area contributed by atoms with E-state index in [1.54, 1.807) is 0 Å². The molecule has 4 nitrogen and oxygen atoms in total. The van der Waals surface area contributed by atoms with Crippen molar-refractivity contribution in [2.45, 2.75) is 46.6 Å². The molecule has 0 aliphatic heterocycles. The third-order valence-electron chi connectivity index (χ3n) is 2.94. The van der Waals surface area contributed by atoms with Gasteiger partial charge in [0.25, 0.3) is 5.91 Å². The van der Waals surface area contributed by atoms with Crippen LogP contribution in [0, 0.1) is 12.8 Å². The maximum Gasteiger partial charge on any atom is 0.326 e. The minimum absolute atomic E-state index is 0.220. The van der Waals surface area contributed by atoms with E-state index in [2.05, 4.69) is 5.32 Å². The Morgan fingerprint density at radius 2 is 2.05 bits per heavy atom. The number of carboxylic acid groups (broad SMARTS) is 1. The first kappa shape index (κ1) is 15.7. The van der Waals surface area contributed by atoms with E-state index in [1.165, 1.54) is 11.3 Å². The average molecular weight is 283 g/mol. The first-order valence-corrected chi connectivity index (χ1v) is 7.29. The number of thiophene rings is 1. The van der Waals surface area contributed by atoms with Gasteiger partial charge in [-0.05, 0) is 37.3 Å². The Morgan fingerprint density at radius 1 is 1.42 bits per heavy atom. The number of hydrogen-bond acceptors (Lipinski definition) is 3. The normalized spacial score (nSPS) is 12.5. The first-order valence-electron chi connectivity index (χ1n) is 6.48. The molecule has 19 heavy (non-hydrogen) atoms. The molecule has 0 saturated heterocycles. The lowest BCUT2D eigenvalue weighted by atomic mass is 10.0. The molecule has 1 heterocycles. The van der Waals surface area contributed by atoms with Crippen molar-refractivity contribution in [3.8, 4) is 0 Å². The van der Waals surface area contributed by atoms with Crippen LogP contribution in [-0.4, -0.2) is 23.0 Å². The van der Waals surface area contributed by atoms with Crippen LogP contribution in [-0.2, 0) is 11.2 Å².